The van der Waals surface area contributed by atoms with Gasteiger partial charge in [0.2, 0.25) is 5.91 Å². The molecule has 0 aliphatic carbocycles. The molecule has 0 radical (unpaired) electrons. The molecule has 1 aliphatic rings. The average Bonchev–Trinajstić information content (AvgIpc) is 3.05. The maximum Gasteiger partial charge on any atom is 0.237 e. The lowest BCUT2D eigenvalue weighted by atomic mass is 10.1. The molecule has 1 amide bonds. The maximum absolute atomic E-state index is 12.8. The number of nitrogens with two attached hydrogens (primary N) is 1. The summed E-state index contributed by atoms with van der Waals surface area (Å²) in [7, 11) is 0. The molecule has 0 bridgehead atoms. The standard InChI is InChI=1S/C23H23ClN6O/c1-14-18-9-16(24)3-5-19(18)28-21(14)11-29-6-7-30(22(31)12-29)10-15-2-4-17-20(8-15)26-13-27-23(17)25/h2-5,8-9,13,28H,6-7,10-12H2,1H3,(H2,25,26,27). The fourth-order valence-corrected chi connectivity index (χ4v) is 4.41. The van der Waals surface area contributed by atoms with Gasteiger partial charge in [-0.2, -0.15) is 0 Å². The topological polar surface area (TPSA) is 91.1 Å². The molecule has 1 saturated heterocycles. The van der Waals surface area contributed by atoms with E-state index in [4.69, 9.17) is 17.3 Å². The number of carbonyl (C=O) groups is 1. The van der Waals surface area contributed by atoms with Crippen LogP contribution in [0.3, 0.4) is 0 Å². The number of rotatable bonds is 4. The smallest absolute Gasteiger partial charge is 0.237 e. The fraction of sp³-hybridized carbons (Fsp3) is 0.261. The van der Waals surface area contributed by atoms with Gasteiger partial charge in [-0.25, -0.2) is 9.97 Å². The summed E-state index contributed by atoms with van der Waals surface area (Å²) < 4.78 is 0. The molecular weight excluding hydrogens is 412 g/mol. The third-order valence-electron chi connectivity index (χ3n) is 6.01. The number of aromatic nitrogens is 3. The molecule has 0 atom stereocenters. The molecule has 3 heterocycles. The third-order valence-corrected chi connectivity index (χ3v) is 6.24. The van der Waals surface area contributed by atoms with Gasteiger partial charge in [-0.15, -0.1) is 0 Å². The van der Waals surface area contributed by atoms with Gasteiger partial charge in [0, 0.05) is 53.2 Å². The molecule has 5 rings (SSSR count). The number of carbonyl (C=O) groups excluding carboxylic acids is 1. The maximum atomic E-state index is 12.8. The molecule has 0 unspecified atom stereocenters. The van der Waals surface area contributed by atoms with Crippen molar-refractivity contribution in [2.75, 3.05) is 25.4 Å². The van der Waals surface area contributed by atoms with E-state index in [1.165, 1.54) is 11.9 Å². The third kappa shape index (κ3) is 3.82. The molecule has 2 aromatic carbocycles. The number of aryl methyl sites for hydroxylation is 1. The molecule has 1 aliphatic heterocycles. The number of nitrogens with zero attached hydrogens (tertiary/aromatic N) is 4. The van der Waals surface area contributed by atoms with Crippen LogP contribution in [0.5, 0.6) is 0 Å². The summed E-state index contributed by atoms with van der Waals surface area (Å²) in [5.74, 6) is 0.598. The normalized spacial score (nSPS) is 15.3. The second kappa shape index (κ2) is 7.83. The van der Waals surface area contributed by atoms with E-state index in [2.05, 4.69) is 26.8 Å². The first-order valence-corrected chi connectivity index (χ1v) is 10.6. The number of benzene rings is 2. The van der Waals surface area contributed by atoms with Gasteiger partial charge in [0.15, 0.2) is 0 Å². The first-order chi connectivity index (χ1) is 15.0. The first-order valence-electron chi connectivity index (χ1n) is 10.2. The van der Waals surface area contributed by atoms with Crippen LogP contribution < -0.4 is 5.73 Å². The van der Waals surface area contributed by atoms with E-state index in [9.17, 15) is 4.79 Å². The molecule has 0 spiro atoms. The second-order valence-corrected chi connectivity index (χ2v) is 8.49. The highest BCUT2D eigenvalue weighted by molar-refractivity contribution is 6.31. The summed E-state index contributed by atoms with van der Waals surface area (Å²) in [6, 6.07) is 11.8. The van der Waals surface area contributed by atoms with Gasteiger partial charge in [0.25, 0.3) is 0 Å². The minimum atomic E-state index is 0.130. The van der Waals surface area contributed by atoms with Crippen LogP contribution in [-0.4, -0.2) is 50.3 Å². The minimum Gasteiger partial charge on any atom is -0.383 e. The van der Waals surface area contributed by atoms with Gasteiger partial charge in [-0.1, -0.05) is 17.7 Å². The number of aromatic amines is 1. The van der Waals surface area contributed by atoms with E-state index in [1.807, 2.05) is 41.3 Å². The monoisotopic (exact) mass is 434 g/mol. The molecule has 158 valence electrons. The number of nitrogen functional groups attached to an aromatic ring is 1. The molecule has 2 aromatic heterocycles. The van der Waals surface area contributed by atoms with Crippen molar-refractivity contribution >= 4 is 45.1 Å². The van der Waals surface area contributed by atoms with Crippen LogP contribution in [0.15, 0.2) is 42.7 Å². The van der Waals surface area contributed by atoms with Gasteiger partial charge < -0.3 is 15.6 Å². The quantitative estimate of drug-likeness (QED) is 0.513. The van der Waals surface area contributed by atoms with Crippen molar-refractivity contribution in [1.29, 1.82) is 0 Å². The summed E-state index contributed by atoms with van der Waals surface area (Å²) in [6.45, 7) is 5.29. The zero-order valence-corrected chi connectivity index (χ0v) is 18.0. The van der Waals surface area contributed by atoms with Crippen LogP contribution in [0.4, 0.5) is 5.82 Å². The van der Waals surface area contributed by atoms with E-state index in [0.29, 0.717) is 32.0 Å². The summed E-state index contributed by atoms with van der Waals surface area (Å²) in [4.78, 5) is 28.7. The van der Waals surface area contributed by atoms with Crippen molar-refractivity contribution in [3.63, 3.8) is 0 Å². The highest BCUT2D eigenvalue weighted by Gasteiger charge is 2.25. The number of anilines is 1. The lowest BCUT2D eigenvalue weighted by Gasteiger charge is -2.34. The largest absolute Gasteiger partial charge is 0.383 e. The molecular formula is C23H23ClN6O. The Bertz CT molecular complexity index is 1300. The van der Waals surface area contributed by atoms with Crippen LogP contribution in [-0.2, 0) is 17.9 Å². The van der Waals surface area contributed by atoms with Gasteiger partial charge in [-0.3, -0.25) is 9.69 Å². The molecule has 0 saturated carbocycles. The molecule has 31 heavy (non-hydrogen) atoms. The zero-order valence-electron chi connectivity index (χ0n) is 17.2. The number of H-pyrrole nitrogens is 1. The summed E-state index contributed by atoms with van der Waals surface area (Å²) in [5, 5.41) is 2.69. The number of amides is 1. The zero-order chi connectivity index (χ0) is 21.5. The van der Waals surface area contributed by atoms with Crippen molar-refractivity contribution in [3.05, 3.63) is 64.6 Å². The highest BCUT2D eigenvalue weighted by Crippen LogP contribution is 2.26. The SMILES string of the molecule is Cc1c(CN2CCN(Cc3ccc4c(N)ncnc4c3)C(=O)C2)[nH]c2ccc(Cl)cc12. The lowest BCUT2D eigenvalue weighted by molar-refractivity contribution is -0.136. The Morgan fingerprint density at radius 1 is 1.10 bits per heavy atom. The molecule has 3 N–H and O–H groups in total. The van der Waals surface area contributed by atoms with Crippen LogP contribution in [0, 0.1) is 6.92 Å². The molecule has 4 aromatic rings. The Kier molecular flexibility index (Phi) is 5.00. The number of nitrogens with one attached hydrogen (secondary N) is 1. The Balaban J connectivity index is 1.27. The van der Waals surface area contributed by atoms with Crippen molar-refractivity contribution < 1.29 is 4.79 Å². The van der Waals surface area contributed by atoms with Gasteiger partial charge >= 0.3 is 0 Å². The Morgan fingerprint density at radius 3 is 2.81 bits per heavy atom. The van der Waals surface area contributed by atoms with E-state index in [1.54, 1.807) is 0 Å². The van der Waals surface area contributed by atoms with Crippen LogP contribution in [0.2, 0.25) is 5.02 Å². The minimum absolute atomic E-state index is 0.130. The Labute approximate surface area is 184 Å². The molecule has 7 nitrogen and oxygen atoms in total. The van der Waals surface area contributed by atoms with E-state index in [-0.39, 0.29) is 5.91 Å². The van der Waals surface area contributed by atoms with Gasteiger partial charge in [0.05, 0.1) is 12.1 Å². The second-order valence-electron chi connectivity index (χ2n) is 8.05. The highest BCUT2D eigenvalue weighted by atomic mass is 35.5. The molecule has 8 heteroatoms. The summed E-state index contributed by atoms with van der Waals surface area (Å²) >= 11 is 6.15. The fourth-order valence-electron chi connectivity index (χ4n) is 4.24. The van der Waals surface area contributed by atoms with Crippen molar-refractivity contribution in [2.24, 2.45) is 0 Å². The van der Waals surface area contributed by atoms with Crippen LogP contribution in [0.1, 0.15) is 16.8 Å². The number of fused-ring (bicyclic) bond motifs is 2. The first kappa shape index (κ1) is 19.8. The summed E-state index contributed by atoms with van der Waals surface area (Å²) in [5.41, 5.74) is 11.1. The van der Waals surface area contributed by atoms with E-state index in [0.717, 1.165) is 44.6 Å². The number of hydrogen-bond donors (Lipinski definition) is 2. The van der Waals surface area contributed by atoms with E-state index < -0.39 is 0 Å². The van der Waals surface area contributed by atoms with Crippen LogP contribution >= 0.6 is 11.6 Å². The number of hydrogen-bond acceptors (Lipinski definition) is 5. The Hall–Kier alpha value is -3.16. The van der Waals surface area contributed by atoms with E-state index >= 15 is 0 Å². The van der Waals surface area contributed by atoms with Gasteiger partial charge in [-0.05, 0) is 48.4 Å². The Morgan fingerprint density at radius 2 is 1.97 bits per heavy atom. The predicted molar refractivity (Wildman–Crippen MR) is 123 cm³/mol. The summed E-state index contributed by atoms with van der Waals surface area (Å²) in [6.07, 6.45) is 1.46. The number of piperazine rings is 1. The van der Waals surface area contributed by atoms with Crippen molar-refractivity contribution in [2.45, 2.75) is 20.0 Å². The average molecular weight is 435 g/mol. The predicted octanol–water partition coefficient (Wildman–Crippen LogP) is 3.50. The van der Waals surface area contributed by atoms with Crippen molar-refractivity contribution in [3.8, 4) is 0 Å². The molecule has 1 fully saturated rings. The van der Waals surface area contributed by atoms with Gasteiger partial charge in [0.1, 0.15) is 12.1 Å². The lowest BCUT2D eigenvalue weighted by Crippen LogP contribution is -2.49. The number of halogens is 1. The van der Waals surface area contributed by atoms with Crippen LogP contribution in [0.25, 0.3) is 21.8 Å². The van der Waals surface area contributed by atoms with Crippen molar-refractivity contribution in [1.82, 2.24) is 24.8 Å².